The minimum atomic E-state index is -0.296. The van der Waals surface area contributed by atoms with Gasteiger partial charge in [0.25, 0.3) is 0 Å². The number of benzene rings is 1. The van der Waals surface area contributed by atoms with Gasteiger partial charge in [0.1, 0.15) is 5.82 Å². The summed E-state index contributed by atoms with van der Waals surface area (Å²) in [6.45, 7) is 1.64. The SMILES string of the molecule is O=C(CSc1ccc(F)cc1)NCC(=O)N1CCCC1. The molecular formula is C14H17FN2O2S. The molecule has 0 bridgehead atoms. The van der Waals surface area contributed by atoms with Crippen LogP contribution >= 0.6 is 11.8 Å². The van der Waals surface area contributed by atoms with Crippen molar-refractivity contribution in [2.75, 3.05) is 25.4 Å². The topological polar surface area (TPSA) is 49.4 Å². The van der Waals surface area contributed by atoms with Gasteiger partial charge in [0.05, 0.1) is 12.3 Å². The number of nitrogens with zero attached hydrogens (tertiary/aromatic N) is 1. The number of nitrogens with one attached hydrogen (secondary N) is 1. The Kier molecular flexibility index (Phi) is 5.40. The van der Waals surface area contributed by atoms with Gasteiger partial charge in [-0.2, -0.15) is 0 Å². The van der Waals surface area contributed by atoms with Crippen LogP contribution < -0.4 is 5.32 Å². The van der Waals surface area contributed by atoms with Gasteiger partial charge in [-0.05, 0) is 37.1 Å². The highest BCUT2D eigenvalue weighted by Gasteiger charge is 2.17. The largest absolute Gasteiger partial charge is 0.346 e. The van der Waals surface area contributed by atoms with Crippen molar-refractivity contribution in [3.05, 3.63) is 30.1 Å². The third-order valence-corrected chi connectivity index (χ3v) is 4.09. The zero-order valence-electron chi connectivity index (χ0n) is 11.1. The Hall–Kier alpha value is -1.56. The lowest BCUT2D eigenvalue weighted by Crippen LogP contribution is -2.39. The Morgan fingerprint density at radius 1 is 1.20 bits per heavy atom. The van der Waals surface area contributed by atoms with Crippen molar-refractivity contribution < 1.29 is 14.0 Å². The molecule has 6 heteroatoms. The zero-order valence-corrected chi connectivity index (χ0v) is 11.9. The van der Waals surface area contributed by atoms with Gasteiger partial charge in [-0.1, -0.05) is 0 Å². The van der Waals surface area contributed by atoms with Crippen LogP contribution in [0.25, 0.3) is 0 Å². The molecule has 0 aromatic heterocycles. The number of likely N-dealkylation sites (tertiary alicyclic amines) is 1. The molecule has 20 heavy (non-hydrogen) atoms. The smallest absolute Gasteiger partial charge is 0.241 e. The lowest BCUT2D eigenvalue weighted by Gasteiger charge is -2.15. The molecule has 4 nitrogen and oxygen atoms in total. The van der Waals surface area contributed by atoms with Crippen LogP contribution in [0.5, 0.6) is 0 Å². The van der Waals surface area contributed by atoms with Crippen molar-refractivity contribution in [2.24, 2.45) is 0 Å². The Labute approximate surface area is 121 Å². The number of carbonyl (C=O) groups excluding carboxylic acids is 2. The number of carbonyl (C=O) groups is 2. The van der Waals surface area contributed by atoms with E-state index in [9.17, 15) is 14.0 Å². The van der Waals surface area contributed by atoms with Gasteiger partial charge in [-0.15, -0.1) is 11.8 Å². The Bertz CT molecular complexity index is 473. The molecule has 1 heterocycles. The first-order valence-electron chi connectivity index (χ1n) is 6.58. The predicted octanol–water partition coefficient (Wildman–Crippen LogP) is 1.66. The van der Waals surface area contributed by atoms with Crippen LogP contribution in [-0.2, 0) is 9.59 Å². The van der Waals surface area contributed by atoms with Crippen molar-refractivity contribution in [2.45, 2.75) is 17.7 Å². The fourth-order valence-corrected chi connectivity index (χ4v) is 2.71. The van der Waals surface area contributed by atoms with Crippen LogP contribution in [0.15, 0.2) is 29.2 Å². The van der Waals surface area contributed by atoms with E-state index in [0.717, 1.165) is 30.8 Å². The third-order valence-electron chi connectivity index (χ3n) is 3.08. The Balaban J connectivity index is 1.67. The van der Waals surface area contributed by atoms with Crippen LogP contribution in [0.2, 0.25) is 0 Å². The van der Waals surface area contributed by atoms with Gasteiger partial charge >= 0.3 is 0 Å². The summed E-state index contributed by atoms with van der Waals surface area (Å²) in [4.78, 5) is 25.9. The second-order valence-electron chi connectivity index (χ2n) is 4.61. The molecule has 0 radical (unpaired) electrons. The summed E-state index contributed by atoms with van der Waals surface area (Å²) in [5, 5.41) is 2.62. The monoisotopic (exact) mass is 296 g/mol. The minimum absolute atomic E-state index is 0.0253. The van der Waals surface area contributed by atoms with E-state index in [4.69, 9.17) is 0 Å². The number of hydrogen-bond acceptors (Lipinski definition) is 3. The van der Waals surface area contributed by atoms with Gasteiger partial charge in [0.2, 0.25) is 11.8 Å². The summed E-state index contributed by atoms with van der Waals surface area (Å²) in [6.07, 6.45) is 2.08. The normalized spacial score (nSPS) is 14.3. The molecule has 1 saturated heterocycles. The third kappa shape index (κ3) is 4.52. The van der Waals surface area contributed by atoms with E-state index in [0.29, 0.717) is 0 Å². The van der Waals surface area contributed by atoms with Crippen LogP contribution in [0.1, 0.15) is 12.8 Å². The molecule has 0 saturated carbocycles. The number of rotatable bonds is 5. The molecule has 1 aliphatic rings. The number of thioether (sulfide) groups is 1. The number of hydrogen-bond donors (Lipinski definition) is 1. The van der Waals surface area contributed by atoms with Gasteiger partial charge in [0.15, 0.2) is 0 Å². The lowest BCUT2D eigenvalue weighted by atomic mass is 10.4. The summed E-state index contributed by atoms with van der Waals surface area (Å²) in [5.41, 5.74) is 0. The summed E-state index contributed by atoms with van der Waals surface area (Å²) in [6, 6.07) is 5.97. The molecule has 1 N–H and O–H groups in total. The number of amides is 2. The van der Waals surface area contributed by atoms with Crippen molar-refractivity contribution in [3.63, 3.8) is 0 Å². The Morgan fingerprint density at radius 3 is 2.50 bits per heavy atom. The fourth-order valence-electron chi connectivity index (χ4n) is 1.98. The van der Waals surface area contributed by atoms with E-state index in [1.165, 1.54) is 23.9 Å². The molecule has 0 aliphatic carbocycles. The van der Waals surface area contributed by atoms with Crippen LogP contribution in [0.3, 0.4) is 0 Å². The quantitative estimate of drug-likeness (QED) is 0.841. The summed E-state index contributed by atoms with van der Waals surface area (Å²) < 4.78 is 12.7. The van der Waals surface area contributed by atoms with Crippen molar-refractivity contribution in [3.8, 4) is 0 Å². The first kappa shape index (κ1) is 14.8. The standard InChI is InChI=1S/C14H17FN2O2S/c15-11-3-5-12(6-4-11)20-10-13(18)16-9-14(19)17-7-1-2-8-17/h3-6H,1-2,7-10H2,(H,16,18). The number of halogens is 1. The second kappa shape index (κ2) is 7.28. The molecule has 2 rings (SSSR count). The molecule has 1 fully saturated rings. The maximum atomic E-state index is 12.7. The Morgan fingerprint density at radius 2 is 1.85 bits per heavy atom. The maximum Gasteiger partial charge on any atom is 0.241 e. The maximum absolute atomic E-state index is 12.7. The molecule has 1 aromatic carbocycles. The molecule has 0 unspecified atom stereocenters. The second-order valence-corrected chi connectivity index (χ2v) is 5.66. The van der Waals surface area contributed by atoms with Crippen molar-refractivity contribution in [1.29, 1.82) is 0 Å². The summed E-state index contributed by atoms with van der Waals surface area (Å²) in [7, 11) is 0. The van der Waals surface area contributed by atoms with Crippen LogP contribution in [0.4, 0.5) is 4.39 Å². The van der Waals surface area contributed by atoms with E-state index in [1.807, 2.05) is 0 Å². The lowest BCUT2D eigenvalue weighted by molar-refractivity contribution is -0.131. The van der Waals surface area contributed by atoms with E-state index >= 15 is 0 Å². The highest BCUT2D eigenvalue weighted by Crippen LogP contribution is 2.17. The van der Waals surface area contributed by atoms with Crippen molar-refractivity contribution >= 4 is 23.6 Å². The first-order valence-corrected chi connectivity index (χ1v) is 7.56. The minimum Gasteiger partial charge on any atom is -0.346 e. The van der Waals surface area contributed by atoms with Gasteiger partial charge in [-0.3, -0.25) is 9.59 Å². The first-order chi connectivity index (χ1) is 9.65. The summed E-state index contributed by atoms with van der Waals surface area (Å²) in [5.74, 6) is -0.289. The molecule has 2 amide bonds. The van der Waals surface area contributed by atoms with Crippen LogP contribution in [0, 0.1) is 5.82 Å². The zero-order chi connectivity index (χ0) is 14.4. The van der Waals surface area contributed by atoms with Gasteiger partial charge in [0, 0.05) is 18.0 Å². The molecule has 0 atom stereocenters. The predicted molar refractivity (Wildman–Crippen MR) is 75.9 cm³/mol. The molecule has 0 spiro atoms. The highest BCUT2D eigenvalue weighted by atomic mass is 32.2. The average Bonchev–Trinajstić information content (AvgIpc) is 2.98. The average molecular weight is 296 g/mol. The summed E-state index contributed by atoms with van der Waals surface area (Å²) >= 11 is 1.32. The van der Waals surface area contributed by atoms with E-state index < -0.39 is 0 Å². The highest BCUT2D eigenvalue weighted by molar-refractivity contribution is 8.00. The fraction of sp³-hybridized carbons (Fsp3) is 0.429. The van der Waals surface area contributed by atoms with Crippen LogP contribution in [-0.4, -0.2) is 42.1 Å². The van der Waals surface area contributed by atoms with Crippen molar-refractivity contribution in [1.82, 2.24) is 10.2 Å². The molecule has 108 valence electrons. The molecule has 1 aliphatic heterocycles. The molecular weight excluding hydrogens is 279 g/mol. The van der Waals surface area contributed by atoms with Gasteiger partial charge in [-0.25, -0.2) is 4.39 Å². The molecule has 1 aromatic rings. The van der Waals surface area contributed by atoms with E-state index in [1.54, 1.807) is 17.0 Å². The van der Waals surface area contributed by atoms with E-state index in [2.05, 4.69) is 5.32 Å². The van der Waals surface area contributed by atoms with E-state index in [-0.39, 0.29) is 29.9 Å². The van der Waals surface area contributed by atoms with Gasteiger partial charge < -0.3 is 10.2 Å².